The number of Topliss-reactive ketones (excluding diaryl/α,β-unsaturated/α-hetero) is 1. The van der Waals surface area contributed by atoms with Crippen molar-refractivity contribution in [2.24, 2.45) is 5.73 Å². The van der Waals surface area contributed by atoms with Crippen molar-refractivity contribution in [3.63, 3.8) is 0 Å². The van der Waals surface area contributed by atoms with Gasteiger partial charge in [0.05, 0.1) is 13.7 Å². The third kappa shape index (κ3) is 10.5. The van der Waals surface area contributed by atoms with Crippen LogP contribution in [-0.4, -0.2) is 47.4 Å². The van der Waals surface area contributed by atoms with Crippen molar-refractivity contribution in [1.82, 2.24) is 5.32 Å². The van der Waals surface area contributed by atoms with Gasteiger partial charge in [-0.2, -0.15) is 0 Å². The summed E-state index contributed by atoms with van der Waals surface area (Å²) in [5.74, 6) is -1.31. The zero-order valence-electron chi connectivity index (χ0n) is 24.9. The minimum absolute atomic E-state index is 0.0650. The predicted octanol–water partition coefficient (Wildman–Crippen LogP) is 4.79. The van der Waals surface area contributed by atoms with Crippen LogP contribution in [0.2, 0.25) is 0 Å². The molecule has 0 bridgehead atoms. The first-order valence-electron chi connectivity index (χ1n) is 13.9. The summed E-state index contributed by atoms with van der Waals surface area (Å²) in [6, 6.07) is 28.6. The fraction of sp³-hybridized carbons (Fsp3) is 0.176. The standard InChI is InChI=1S/C32H32N4O5.C2H4O2/c1-40-28-18-24(14-17-27(28)41-20-21-8-4-2-5-9-21)29(36-25-15-12-23(13-16-25)31(33)34)26(37)19-35-30(32(38)39)22-10-6-3-7-11-22;1-2(3)4/h2-18,29-30,35-36H,19-20H2,1H3,(H3,33,34)(H,38,39);1H3,(H,3,4)/t29-,30+;/m1./s1. The van der Waals surface area contributed by atoms with Crippen LogP contribution in [0.3, 0.4) is 0 Å². The number of benzene rings is 4. The first-order chi connectivity index (χ1) is 21.6. The maximum atomic E-state index is 13.6. The van der Waals surface area contributed by atoms with Gasteiger partial charge in [-0.25, -0.2) is 0 Å². The molecule has 0 saturated carbocycles. The quantitative estimate of drug-likeness (QED) is 0.0855. The molecule has 0 aliphatic rings. The van der Waals surface area contributed by atoms with Crippen molar-refractivity contribution >= 4 is 29.2 Å². The molecule has 234 valence electrons. The van der Waals surface area contributed by atoms with E-state index >= 15 is 0 Å². The molecule has 0 amide bonds. The average molecular weight is 613 g/mol. The highest BCUT2D eigenvalue weighted by molar-refractivity contribution is 5.95. The van der Waals surface area contributed by atoms with Gasteiger partial charge in [-0.1, -0.05) is 66.7 Å². The third-order valence-electron chi connectivity index (χ3n) is 6.45. The molecule has 0 aliphatic carbocycles. The molecule has 0 aromatic heterocycles. The molecule has 11 heteroatoms. The Morgan fingerprint density at radius 1 is 0.822 bits per heavy atom. The first kappa shape index (κ1) is 33.8. The monoisotopic (exact) mass is 612 g/mol. The Kier molecular flexibility index (Phi) is 12.6. The highest BCUT2D eigenvalue weighted by Gasteiger charge is 2.26. The second kappa shape index (κ2) is 16.8. The van der Waals surface area contributed by atoms with Crippen molar-refractivity contribution in [2.45, 2.75) is 25.6 Å². The normalized spacial score (nSPS) is 11.6. The highest BCUT2D eigenvalue weighted by Crippen LogP contribution is 2.33. The fourth-order valence-electron chi connectivity index (χ4n) is 4.28. The summed E-state index contributed by atoms with van der Waals surface area (Å²) in [5, 5.41) is 31.0. The van der Waals surface area contributed by atoms with Gasteiger partial charge in [-0.3, -0.25) is 25.1 Å². The van der Waals surface area contributed by atoms with Crippen LogP contribution in [0.25, 0.3) is 0 Å². The summed E-state index contributed by atoms with van der Waals surface area (Å²) in [4.78, 5) is 34.6. The van der Waals surface area contributed by atoms with Gasteiger partial charge in [0.25, 0.3) is 5.97 Å². The number of amidine groups is 1. The van der Waals surface area contributed by atoms with Crippen LogP contribution >= 0.6 is 0 Å². The van der Waals surface area contributed by atoms with E-state index in [0.29, 0.717) is 40.5 Å². The van der Waals surface area contributed by atoms with Gasteiger partial charge in [-0.15, -0.1) is 0 Å². The van der Waals surface area contributed by atoms with Gasteiger partial charge >= 0.3 is 5.97 Å². The summed E-state index contributed by atoms with van der Waals surface area (Å²) in [6.07, 6.45) is 0. The van der Waals surface area contributed by atoms with Crippen LogP contribution in [0.4, 0.5) is 5.69 Å². The van der Waals surface area contributed by atoms with Crippen LogP contribution in [0.5, 0.6) is 11.5 Å². The number of ketones is 1. The number of hydrogen-bond donors (Lipinski definition) is 6. The Balaban J connectivity index is 0.00000130. The second-order valence-electron chi connectivity index (χ2n) is 9.80. The van der Waals surface area contributed by atoms with Crippen LogP contribution in [0.15, 0.2) is 103 Å². The van der Waals surface area contributed by atoms with E-state index in [2.05, 4.69) is 10.6 Å². The lowest BCUT2D eigenvalue weighted by Gasteiger charge is -2.22. The molecule has 0 fully saturated rings. The Bertz CT molecular complexity index is 1580. The summed E-state index contributed by atoms with van der Waals surface area (Å²) in [7, 11) is 1.53. The van der Waals surface area contributed by atoms with Gasteiger partial charge < -0.3 is 30.7 Å². The Hall–Kier alpha value is -5.68. The third-order valence-corrected chi connectivity index (χ3v) is 6.45. The lowest BCUT2D eigenvalue weighted by Crippen LogP contribution is -2.36. The zero-order chi connectivity index (χ0) is 32.8. The number of carboxylic acid groups (broad SMARTS) is 2. The number of aliphatic carboxylic acids is 2. The van der Waals surface area contributed by atoms with E-state index in [1.165, 1.54) is 7.11 Å². The number of rotatable bonds is 14. The van der Waals surface area contributed by atoms with E-state index in [0.717, 1.165) is 12.5 Å². The molecular weight excluding hydrogens is 576 g/mol. The van der Waals surface area contributed by atoms with Crippen LogP contribution in [-0.2, 0) is 21.0 Å². The van der Waals surface area contributed by atoms with E-state index in [9.17, 15) is 14.7 Å². The van der Waals surface area contributed by atoms with Crippen molar-refractivity contribution in [3.8, 4) is 11.5 Å². The number of carboxylic acids is 2. The number of ether oxygens (including phenoxy) is 2. The number of nitrogen functional groups attached to an aromatic ring is 1. The lowest BCUT2D eigenvalue weighted by molar-refractivity contribution is -0.140. The fourth-order valence-corrected chi connectivity index (χ4v) is 4.28. The largest absolute Gasteiger partial charge is 0.493 e. The maximum absolute atomic E-state index is 13.6. The topological polar surface area (TPSA) is 184 Å². The number of hydrogen-bond acceptors (Lipinski definition) is 8. The van der Waals surface area contributed by atoms with Crippen molar-refractivity contribution in [1.29, 1.82) is 5.41 Å². The molecule has 0 spiro atoms. The first-order valence-corrected chi connectivity index (χ1v) is 13.9. The van der Waals surface area contributed by atoms with Gasteiger partial charge in [0.2, 0.25) is 0 Å². The Morgan fingerprint density at radius 3 is 1.98 bits per heavy atom. The molecule has 4 rings (SSSR count). The summed E-state index contributed by atoms with van der Waals surface area (Å²) >= 11 is 0. The number of carbonyl (C=O) groups is 3. The SMILES string of the molecule is CC(=O)O.COc1cc([C@@H](Nc2ccc(C(=N)N)cc2)C(=O)CN[C@H](C(=O)O)c2ccccc2)ccc1OCc1ccccc1. The molecule has 0 heterocycles. The van der Waals surface area contributed by atoms with Crippen molar-refractivity contribution in [3.05, 3.63) is 125 Å². The zero-order valence-corrected chi connectivity index (χ0v) is 24.9. The summed E-state index contributed by atoms with van der Waals surface area (Å²) in [5.41, 5.74) is 8.89. The van der Waals surface area contributed by atoms with Gasteiger partial charge in [0, 0.05) is 18.2 Å². The van der Waals surface area contributed by atoms with E-state index in [4.69, 9.17) is 30.5 Å². The minimum Gasteiger partial charge on any atom is -0.493 e. The number of carbonyl (C=O) groups excluding carboxylic acids is 1. The molecule has 45 heavy (non-hydrogen) atoms. The summed E-state index contributed by atoms with van der Waals surface area (Å²) in [6.45, 7) is 1.21. The van der Waals surface area contributed by atoms with Gasteiger partial charge in [0.15, 0.2) is 17.3 Å². The van der Waals surface area contributed by atoms with E-state index in [1.54, 1.807) is 72.8 Å². The number of anilines is 1. The molecule has 0 aliphatic heterocycles. The Labute approximate surface area is 261 Å². The molecule has 7 N–H and O–H groups in total. The number of nitrogens with two attached hydrogens (primary N) is 1. The highest BCUT2D eigenvalue weighted by atomic mass is 16.5. The van der Waals surface area contributed by atoms with E-state index < -0.39 is 24.0 Å². The van der Waals surface area contributed by atoms with E-state index in [1.807, 2.05) is 30.3 Å². The van der Waals surface area contributed by atoms with Gasteiger partial charge in [0.1, 0.15) is 24.5 Å². The summed E-state index contributed by atoms with van der Waals surface area (Å²) < 4.78 is 11.6. The molecule has 2 atom stereocenters. The van der Waals surface area contributed by atoms with Crippen LogP contribution in [0.1, 0.15) is 41.3 Å². The molecule has 4 aromatic carbocycles. The molecule has 0 unspecified atom stereocenters. The Morgan fingerprint density at radius 2 is 1.42 bits per heavy atom. The molecule has 11 nitrogen and oxygen atoms in total. The molecule has 0 radical (unpaired) electrons. The average Bonchev–Trinajstić information content (AvgIpc) is 3.03. The minimum atomic E-state index is -1.09. The van der Waals surface area contributed by atoms with E-state index in [-0.39, 0.29) is 18.2 Å². The van der Waals surface area contributed by atoms with Crippen LogP contribution in [0, 0.1) is 5.41 Å². The smallest absolute Gasteiger partial charge is 0.325 e. The lowest BCUT2D eigenvalue weighted by atomic mass is 10.00. The maximum Gasteiger partial charge on any atom is 0.325 e. The van der Waals surface area contributed by atoms with Crippen molar-refractivity contribution in [2.75, 3.05) is 19.0 Å². The number of methoxy groups -OCH3 is 1. The predicted molar refractivity (Wildman–Crippen MR) is 171 cm³/mol. The molecular formula is C34H36N4O7. The number of nitrogens with one attached hydrogen (secondary N) is 3. The molecule has 4 aromatic rings. The van der Waals surface area contributed by atoms with Crippen LogP contribution < -0.4 is 25.8 Å². The van der Waals surface area contributed by atoms with Crippen molar-refractivity contribution < 1.29 is 34.1 Å². The molecule has 0 saturated heterocycles. The van der Waals surface area contributed by atoms with Gasteiger partial charge in [-0.05, 0) is 53.1 Å². The second-order valence-corrected chi connectivity index (χ2v) is 9.80.